The molecule has 0 radical (unpaired) electrons. The van der Waals surface area contributed by atoms with Gasteiger partial charge in [-0.3, -0.25) is 14.7 Å². The largest absolute Gasteiger partial charge is 0.517 e. The van der Waals surface area contributed by atoms with E-state index in [1.165, 1.54) is 17.3 Å². The summed E-state index contributed by atoms with van der Waals surface area (Å²) >= 11 is 0. The number of nitrogens with zero attached hydrogens (tertiary/aromatic N) is 3. The maximum atomic E-state index is 15.0. The highest BCUT2D eigenvalue weighted by atomic mass is 19.1. The van der Waals surface area contributed by atoms with Crippen LogP contribution in [0.15, 0.2) is 24.5 Å². The molecule has 2 aliphatic rings. The first-order valence-electron chi connectivity index (χ1n) is 13.4. The predicted molar refractivity (Wildman–Crippen MR) is 151 cm³/mol. The first-order valence-corrected chi connectivity index (χ1v) is 13.4. The van der Waals surface area contributed by atoms with Gasteiger partial charge in [-0.2, -0.15) is 0 Å². The Bertz CT molecular complexity index is 1260. The van der Waals surface area contributed by atoms with Gasteiger partial charge < -0.3 is 30.4 Å². The van der Waals surface area contributed by atoms with Crippen molar-refractivity contribution in [1.82, 2.24) is 15.3 Å². The summed E-state index contributed by atoms with van der Waals surface area (Å²) in [5, 5.41) is 6.06. The van der Waals surface area contributed by atoms with Crippen molar-refractivity contribution < 1.29 is 28.0 Å². The fourth-order valence-corrected chi connectivity index (χ4v) is 4.50. The number of hydrogen-bond acceptors (Lipinski definition) is 9. The van der Waals surface area contributed by atoms with E-state index in [4.69, 9.17) is 19.8 Å². The van der Waals surface area contributed by atoms with E-state index in [0.29, 0.717) is 12.2 Å². The van der Waals surface area contributed by atoms with Crippen LogP contribution in [0.4, 0.5) is 26.2 Å². The van der Waals surface area contributed by atoms with Crippen molar-refractivity contribution in [2.45, 2.75) is 84.2 Å². The number of carbonyl (C=O) groups is 2. The van der Waals surface area contributed by atoms with E-state index in [9.17, 15) is 14.0 Å². The second-order valence-corrected chi connectivity index (χ2v) is 12.1. The topological polar surface area (TPSA) is 141 Å². The summed E-state index contributed by atoms with van der Waals surface area (Å²) in [5.74, 6) is -1.47. The molecule has 0 bridgehead atoms. The van der Waals surface area contributed by atoms with Gasteiger partial charge in [0.1, 0.15) is 17.0 Å². The van der Waals surface area contributed by atoms with Crippen LogP contribution in [0.25, 0.3) is 0 Å². The van der Waals surface area contributed by atoms with E-state index in [0.717, 1.165) is 25.5 Å². The molecule has 1 atom stereocenters. The number of carbonyl (C=O) groups excluding carboxylic acids is 2. The molecule has 40 heavy (non-hydrogen) atoms. The zero-order valence-electron chi connectivity index (χ0n) is 24.1. The fraction of sp³-hybridized carbons (Fsp3) is 0.556. The Morgan fingerprint density at radius 1 is 1.25 bits per heavy atom. The zero-order chi connectivity index (χ0) is 29.5. The van der Waals surface area contributed by atoms with Gasteiger partial charge in [-0.05, 0) is 73.9 Å². The summed E-state index contributed by atoms with van der Waals surface area (Å²) in [4.78, 5) is 36.8. The number of hydrogen-bond donors (Lipinski definition) is 3. The molecule has 0 aromatic carbocycles. The Morgan fingerprint density at radius 3 is 2.52 bits per heavy atom. The van der Waals surface area contributed by atoms with Gasteiger partial charge in [0.25, 0.3) is 5.91 Å². The van der Waals surface area contributed by atoms with Crippen molar-refractivity contribution in [3.8, 4) is 0 Å². The number of ether oxygens (including phenoxy) is 1. The lowest BCUT2D eigenvalue weighted by Crippen LogP contribution is -2.50. The van der Waals surface area contributed by atoms with Crippen LogP contribution >= 0.6 is 0 Å². The van der Waals surface area contributed by atoms with E-state index in [2.05, 4.69) is 20.6 Å². The lowest BCUT2D eigenvalue weighted by molar-refractivity contribution is 0.00578. The Labute approximate surface area is 234 Å². The van der Waals surface area contributed by atoms with Crippen LogP contribution in [-0.4, -0.2) is 65.0 Å². The molecule has 0 spiro atoms. The highest BCUT2D eigenvalue weighted by Gasteiger charge is 2.53. The lowest BCUT2D eigenvalue weighted by atomic mass is 9.83. The third-order valence-corrected chi connectivity index (χ3v) is 7.26. The quantitative estimate of drug-likeness (QED) is 0.474. The van der Waals surface area contributed by atoms with Crippen LogP contribution in [0.1, 0.15) is 71.8 Å². The molecule has 13 heteroatoms. The Balaban J connectivity index is 1.66. The second kappa shape index (κ2) is 10.9. The molecule has 4 N–H and O–H groups in total. The summed E-state index contributed by atoms with van der Waals surface area (Å²) in [5.41, 5.74) is 3.90. The van der Waals surface area contributed by atoms with Crippen LogP contribution in [0.5, 0.6) is 0 Å². The number of nitrogen functional groups attached to an aromatic ring is 1. The third-order valence-electron chi connectivity index (χ3n) is 7.26. The maximum absolute atomic E-state index is 15.0. The van der Waals surface area contributed by atoms with Crippen molar-refractivity contribution in [3.63, 3.8) is 0 Å². The van der Waals surface area contributed by atoms with Crippen LogP contribution < -0.4 is 26.9 Å². The minimum atomic E-state index is -1.13. The molecule has 2 saturated heterocycles. The van der Waals surface area contributed by atoms with Gasteiger partial charge in [-0.25, -0.2) is 14.2 Å². The first kappa shape index (κ1) is 29.7. The van der Waals surface area contributed by atoms with Gasteiger partial charge in [0.2, 0.25) is 0 Å². The number of nitrogens with one attached hydrogen (secondary N) is 2. The van der Waals surface area contributed by atoms with Gasteiger partial charge in [0, 0.05) is 18.8 Å². The molecular weight excluding hydrogens is 518 g/mol. The highest BCUT2D eigenvalue weighted by Crippen LogP contribution is 2.37. The monoisotopic (exact) mass is 556 g/mol. The van der Waals surface area contributed by atoms with Crippen molar-refractivity contribution in [2.24, 2.45) is 0 Å². The molecule has 2 fully saturated rings. The van der Waals surface area contributed by atoms with Crippen molar-refractivity contribution in [1.29, 1.82) is 0 Å². The predicted octanol–water partition coefficient (Wildman–Crippen LogP) is 3.24. The number of amides is 2. The molecule has 0 saturated carbocycles. The summed E-state index contributed by atoms with van der Waals surface area (Å²) in [7, 11) is -1.13. The summed E-state index contributed by atoms with van der Waals surface area (Å²) in [6.07, 6.45) is 4.01. The molecule has 2 amide bonds. The average Bonchev–Trinajstić information content (AvgIpc) is 3.06. The van der Waals surface area contributed by atoms with Crippen LogP contribution in [0.3, 0.4) is 0 Å². The van der Waals surface area contributed by atoms with Gasteiger partial charge in [0.15, 0.2) is 5.69 Å². The smallest absolute Gasteiger partial charge is 0.443 e. The zero-order valence-corrected chi connectivity index (χ0v) is 24.1. The number of anilines is 3. The van der Waals surface area contributed by atoms with E-state index in [1.54, 1.807) is 26.8 Å². The molecule has 2 aromatic rings. The molecule has 11 nitrogen and oxygen atoms in total. The molecular formula is C27H38BFN6O5. The normalized spacial score (nSPS) is 20.2. The number of aromatic nitrogens is 2. The summed E-state index contributed by atoms with van der Waals surface area (Å²) in [6.45, 7) is 14.1. The van der Waals surface area contributed by atoms with Crippen LogP contribution in [0, 0.1) is 5.82 Å². The number of nitrogens with two attached hydrogens (primary N) is 1. The van der Waals surface area contributed by atoms with E-state index >= 15 is 0 Å². The number of pyridine rings is 2. The van der Waals surface area contributed by atoms with Crippen molar-refractivity contribution in [2.75, 3.05) is 29.0 Å². The highest BCUT2D eigenvalue weighted by molar-refractivity contribution is 6.61. The number of piperidine rings is 1. The Kier molecular flexibility index (Phi) is 8.12. The summed E-state index contributed by atoms with van der Waals surface area (Å²) < 4.78 is 32.6. The van der Waals surface area contributed by atoms with Gasteiger partial charge >= 0.3 is 13.2 Å². The average molecular weight is 556 g/mol. The minimum absolute atomic E-state index is 0.166. The summed E-state index contributed by atoms with van der Waals surface area (Å²) in [6, 6.07) is 2.43. The van der Waals surface area contributed by atoms with Crippen LogP contribution in [-0.2, 0) is 14.0 Å². The van der Waals surface area contributed by atoms with Crippen molar-refractivity contribution in [3.05, 3.63) is 36.0 Å². The molecule has 216 valence electrons. The molecule has 2 aromatic heterocycles. The van der Waals surface area contributed by atoms with Gasteiger partial charge in [-0.1, -0.05) is 0 Å². The molecule has 4 heterocycles. The SMILES string of the molecule is CC(C)(C)OC(=O)N(c1ccncc1NC(=O)c1nc(B2OC(C)(C)C(C)(C)O2)c(F)cc1N)[C@H]1CCCNC1. The fourth-order valence-electron chi connectivity index (χ4n) is 4.50. The standard InChI is InChI=1S/C27H38BFN6O5/c1-25(2,3)38-24(37)35(16-9-8-11-31-14-16)20-10-12-32-15-19(20)33-23(36)21-18(30)13-17(29)22(34-21)28-39-26(4,5)27(6,7)40-28/h10,12-13,15-16,31H,8-9,11,14,30H2,1-7H3,(H,33,36)/t16-/m0/s1. The Morgan fingerprint density at radius 2 is 1.93 bits per heavy atom. The minimum Gasteiger partial charge on any atom is -0.443 e. The maximum Gasteiger partial charge on any atom is 0.517 e. The number of halogens is 1. The van der Waals surface area contributed by atoms with Crippen LogP contribution in [0.2, 0.25) is 0 Å². The molecule has 4 rings (SSSR count). The molecule has 0 aliphatic carbocycles. The Hall–Kier alpha value is -3.29. The third kappa shape index (κ3) is 6.21. The molecule has 2 aliphatic heterocycles. The number of rotatable bonds is 5. The van der Waals surface area contributed by atoms with E-state index in [1.807, 2.05) is 27.7 Å². The molecule has 0 unspecified atom stereocenters. The lowest BCUT2D eigenvalue weighted by Gasteiger charge is -2.36. The first-order chi connectivity index (χ1) is 18.6. The van der Waals surface area contributed by atoms with Crippen molar-refractivity contribution >= 4 is 41.8 Å². The van der Waals surface area contributed by atoms with Gasteiger partial charge in [-0.15, -0.1) is 0 Å². The van der Waals surface area contributed by atoms with Gasteiger partial charge in [0.05, 0.1) is 40.5 Å². The second-order valence-electron chi connectivity index (χ2n) is 12.1. The van der Waals surface area contributed by atoms with E-state index in [-0.39, 0.29) is 28.7 Å². The van der Waals surface area contributed by atoms with E-state index < -0.39 is 41.7 Å².